The standard InChI is InChI=1S/C75H114O22/c1-11-18-19-23-26-51-29-30-52(27-24-21-20-22-25-28-61(76)93-35-36-96-97-47-50(10)66-59-43-75(44-60(59)66,71(83)91-16-6)72(84)92-17-7)54(38-63(78)95-34-32-86-46-49(9)65-57-41-74(42-58(57)65,69(81)89-14-4)70(82)90-15-5)53(51)37-62(77)94-33-31-85-45-48(8)64-55-39-73(40-56(55)64,67(79)87-12-2)68(80)88-13-3/h51-60,64-66H,8-47H2,1-7H3. The molecule has 10 unspecified atom stereocenters. The van der Waals surface area contributed by atoms with Gasteiger partial charge in [-0.3, -0.25) is 43.2 Å². The van der Waals surface area contributed by atoms with E-state index in [1.54, 1.807) is 41.5 Å². The molecule has 7 rings (SSSR count). The summed E-state index contributed by atoms with van der Waals surface area (Å²) in [5.41, 5.74) is -1.30. The fourth-order valence-electron chi connectivity index (χ4n) is 17.4. The van der Waals surface area contributed by atoms with Crippen molar-refractivity contribution in [1.82, 2.24) is 0 Å². The van der Waals surface area contributed by atoms with Crippen molar-refractivity contribution in [3.05, 3.63) is 36.5 Å². The molecule has 0 aromatic heterocycles. The largest absolute Gasteiger partial charge is 0.465 e. The number of hydrogen-bond donors (Lipinski definition) is 0. The first-order valence-corrected chi connectivity index (χ1v) is 36.7. The summed E-state index contributed by atoms with van der Waals surface area (Å²) in [5.74, 6) is -3.10. The Bertz CT molecular complexity index is 2600. The van der Waals surface area contributed by atoms with Gasteiger partial charge in [-0.15, -0.1) is 0 Å². The topological polar surface area (TPSA) is 274 Å². The third-order valence-corrected chi connectivity index (χ3v) is 22.1. The molecule has 0 spiro atoms. The summed E-state index contributed by atoms with van der Waals surface area (Å²) in [6, 6.07) is 0. The highest BCUT2D eigenvalue weighted by Crippen LogP contribution is 2.69. The van der Waals surface area contributed by atoms with Crippen LogP contribution in [-0.4, -0.2) is 153 Å². The molecule has 0 saturated heterocycles. The van der Waals surface area contributed by atoms with Crippen LogP contribution in [0.5, 0.6) is 0 Å². The van der Waals surface area contributed by atoms with Gasteiger partial charge in [0.1, 0.15) is 33.0 Å². The lowest BCUT2D eigenvalue weighted by Crippen LogP contribution is -2.41. The number of rotatable bonds is 48. The maximum Gasteiger partial charge on any atom is 0.323 e. The summed E-state index contributed by atoms with van der Waals surface area (Å²) in [6.45, 7) is 27.4. The second kappa shape index (κ2) is 38.2. The highest BCUT2D eigenvalue weighted by Gasteiger charge is 2.71. The van der Waals surface area contributed by atoms with E-state index in [0.29, 0.717) is 44.9 Å². The number of ether oxygens (including phenoxy) is 11. The molecule has 10 atom stereocenters. The zero-order chi connectivity index (χ0) is 70.3. The lowest BCUT2D eigenvalue weighted by molar-refractivity contribution is -0.292. The lowest BCUT2D eigenvalue weighted by Gasteiger charge is -2.43. The summed E-state index contributed by atoms with van der Waals surface area (Å²) < 4.78 is 61.0. The minimum atomic E-state index is -1.29. The number of esters is 9. The average molecular weight is 1370 g/mol. The van der Waals surface area contributed by atoms with Crippen LogP contribution < -0.4 is 0 Å². The molecule has 0 heterocycles. The smallest absolute Gasteiger partial charge is 0.323 e. The molecule has 0 N–H and O–H groups in total. The summed E-state index contributed by atoms with van der Waals surface area (Å²) in [6.07, 6.45) is 15.0. The highest BCUT2D eigenvalue weighted by atomic mass is 17.2. The quantitative estimate of drug-likeness (QED) is 0.0104. The predicted molar refractivity (Wildman–Crippen MR) is 354 cm³/mol. The minimum absolute atomic E-state index is 0.0309. The van der Waals surface area contributed by atoms with Gasteiger partial charge in [-0.1, -0.05) is 90.9 Å². The van der Waals surface area contributed by atoms with E-state index in [9.17, 15) is 43.2 Å². The van der Waals surface area contributed by atoms with Gasteiger partial charge in [-0.05, 0) is 193 Å². The lowest BCUT2D eigenvalue weighted by atomic mass is 9.62. The normalized spacial score (nSPS) is 26.9. The molecule has 0 aromatic rings. The number of carbonyl (C=O) groups is 9. The molecule has 7 saturated carbocycles. The molecule has 0 aliphatic heterocycles. The van der Waals surface area contributed by atoms with Crippen LogP contribution in [0.25, 0.3) is 0 Å². The van der Waals surface area contributed by atoms with Crippen LogP contribution in [0.2, 0.25) is 0 Å². The van der Waals surface area contributed by atoms with Crippen LogP contribution in [0.15, 0.2) is 36.5 Å². The van der Waals surface area contributed by atoms with E-state index >= 15 is 0 Å². The second-order valence-electron chi connectivity index (χ2n) is 28.2. The molecule has 0 radical (unpaired) electrons. The molecule has 0 aromatic carbocycles. The number of carbonyl (C=O) groups excluding carboxylic acids is 9. The molecule has 7 aliphatic carbocycles. The van der Waals surface area contributed by atoms with Crippen molar-refractivity contribution in [2.45, 2.75) is 190 Å². The van der Waals surface area contributed by atoms with E-state index in [0.717, 1.165) is 93.8 Å². The molecule has 97 heavy (non-hydrogen) atoms. The zero-order valence-electron chi connectivity index (χ0n) is 59.3. The van der Waals surface area contributed by atoms with Crippen LogP contribution in [0.1, 0.15) is 190 Å². The zero-order valence-corrected chi connectivity index (χ0v) is 59.3. The monoisotopic (exact) mass is 1370 g/mol. The average Bonchev–Trinajstić information content (AvgIpc) is 1.57. The maximum absolute atomic E-state index is 14.0. The van der Waals surface area contributed by atoms with Crippen LogP contribution >= 0.6 is 0 Å². The maximum atomic E-state index is 14.0. The van der Waals surface area contributed by atoms with Gasteiger partial charge < -0.3 is 52.1 Å². The van der Waals surface area contributed by atoms with Crippen LogP contribution in [0, 0.1) is 93.2 Å². The van der Waals surface area contributed by atoms with Crippen molar-refractivity contribution < 1.29 is 105 Å². The summed E-state index contributed by atoms with van der Waals surface area (Å²) in [5, 5.41) is 0. The molecule has 0 bridgehead atoms. The summed E-state index contributed by atoms with van der Waals surface area (Å²) in [4.78, 5) is 129. The van der Waals surface area contributed by atoms with Crippen molar-refractivity contribution in [3.63, 3.8) is 0 Å². The Hall–Kier alpha value is -5.71. The number of hydrogen-bond acceptors (Lipinski definition) is 22. The Morgan fingerprint density at radius 3 is 1.00 bits per heavy atom. The molecule has 7 fully saturated rings. The van der Waals surface area contributed by atoms with Crippen LogP contribution in [0.4, 0.5) is 0 Å². The molecule has 7 aliphatic rings. The van der Waals surface area contributed by atoms with Crippen molar-refractivity contribution in [3.8, 4) is 0 Å². The van der Waals surface area contributed by atoms with E-state index in [1.807, 2.05) is 0 Å². The van der Waals surface area contributed by atoms with E-state index in [1.165, 1.54) is 0 Å². The van der Waals surface area contributed by atoms with E-state index < -0.39 is 52.1 Å². The van der Waals surface area contributed by atoms with Gasteiger partial charge in [0, 0.05) is 19.3 Å². The predicted octanol–water partition coefficient (Wildman–Crippen LogP) is 11.3. The first kappa shape index (κ1) is 78.6. The Labute approximate surface area is 574 Å². The number of unbranched alkanes of at least 4 members (excludes halogenated alkanes) is 7. The molecular weight excluding hydrogens is 1250 g/mol. The Morgan fingerprint density at radius 2 is 0.649 bits per heavy atom. The van der Waals surface area contributed by atoms with Crippen molar-refractivity contribution in [2.75, 3.05) is 99.1 Å². The van der Waals surface area contributed by atoms with Gasteiger partial charge in [0.05, 0.1) is 66.1 Å². The van der Waals surface area contributed by atoms with Crippen molar-refractivity contribution in [1.29, 1.82) is 0 Å². The number of fused-ring (bicyclic) bond motifs is 3. The first-order chi connectivity index (χ1) is 46.8. The summed E-state index contributed by atoms with van der Waals surface area (Å²) >= 11 is 0. The Kier molecular flexibility index (Phi) is 31.0. The summed E-state index contributed by atoms with van der Waals surface area (Å²) in [7, 11) is 0. The fourth-order valence-corrected chi connectivity index (χ4v) is 17.4. The highest BCUT2D eigenvalue weighted by molar-refractivity contribution is 6.02. The van der Waals surface area contributed by atoms with Crippen LogP contribution in [0.3, 0.4) is 0 Å². The van der Waals surface area contributed by atoms with Crippen molar-refractivity contribution in [2.24, 2.45) is 93.2 Å². The molecule has 546 valence electrons. The third kappa shape index (κ3) is 20.3. The second-order valence-corrected chi connectivity index (χ2v) is 28.2. The van der Waals surface area contributed by atoms with Gasteiger partial charge in [0.25, 0.3) is 0 Å². The first-order valence-electron chi connectivity index (χ1n) is 36.7. The SMILES string of the molecule is C=C(COCCOC(=O)CC1C(CCCCCC)CCC(CCCCCCCC(=O)OCCOOCC(=C)C2C3CC(C(=O)OCC)(C(=O)OCC)CC32)C1CC(=O)OCCOCC(=C)C1C2CC(C(=O)OCC)(C(=O)OCC)CC21)C1C2CC(C(=O)OCC)(C(=O)OCC)CC21. The van der Waals surface area contributed by atoms with Crippen molar-refractivity contribution >= 4 is 53.7 Å². The van der Waals surface area contributed by atoms with E-state index in [4.69, 9.17) is 61.9 Å². The van der Waals surface area contributed by atoms with E-state index in [2.05, 4.69) is 26.7 Å². The Balaban J connectivity index is 0.848. The van der Waals surface area contributed by atoms with Gasteiger partial charge >= 0.3 is 53.7 Å². The van der Waals surface area contributed by atoms with Gasteiger partial charge in [0.2, 0.25) is 0 Å². The van der Waals surface area contributed by atoms with Gasteiger partial charge in [0.15, 0.2) is 16.2 Å². The molecule has 22 heteroatoms. The minimum Gasteiger partial charge on any atom is -0.465 e. The molecule has 0 amide bonds. The Morgan fingerprint density at radius 1 is 0.340 bits per heavy atom. The van der Waals surface area contributed by atoms with Gasteiger partial charge in [-0.25, -0.2) is 9.78 Å². The molecule has 22 nitrogen and oxygen atoms in total. The molecular formula is C75H114O22. The van der Waals surface area contributed by atoms with E-state index in [-0.39, 0.29) is 213 Å². The van der Waals surface area contributed by atoms with Gasteiger partial charge in [-0.2, -0.15) is 0 Å². The third-order valence-electron chi connectivity index (χ3n) is 22.1. The van der Waals surface area contributed by atoms with Crippen LogP contribution in [-0.2, 0) is 105 Å². The fraction of sp³-hybridized carbons (Fsp3) is 0.800.